The Labute approximate surface area is 127 Å². The largest absolute Gasteiger partial charge is 0.320 e. The van der Waals surface area contributed by atoms with Crippen LogP contribution in [0.5, 0.6) is 0 Å². The summed E-state index contributed by atoms with van der Waals surface area (Å²) in [5, 5.41) is 0.680. The molecular weight excluding hydrogens is 293 g/mol. The minimum Gasteiger partial charge on any atom is -0.320 e. The number of aromatic nitrogens is 3. The van der Waals surface area contributed by atoms with E-state index in [1.165, 1.54) is 5.56 Å². The van der Waals surface area contributed by atoms with Crippen LogP contribution in [0.15, 0.2) is 42.7 Å². The van der Waals surface area contributed by atoms with Crippen LogP contribution in [-0.2, 0) is 5.88 Å². The second-order valence-electron chi connectivity index (χ2n) is 4.62. The van der Waals surface area contributed by atoms with Gasteiger partial charge in [0.2, 0.25) is 0 Å². The van der Waals surface area contributed by atoms with Crippen LogP contribution in [0.25, 0.3) is 11.0 Å². The standard InChI is InChI=1S/C15H13Cl2N3/c1-10(11-4-6-18-7-5-11)20-14-3-2-12(17)8-13(14)19-15(20)9-16/h2-8,10H,9H2,1H3. The molecule has 2 aromatic heterocycles. The number of hydrogen-bond donors (Lipinski definition) is 0. The molecule has 0 spiro atoms. The van der Waals surface area contributed by atoms with Crippen LogP contribution >= 0.6 is 23.2 Å². The molecule has 20 heavy (non-hydrogen) atoms. The van der Waals surface area contributed by atoms with Crippen LogP contribution in [0, 0.1) is 0 Å². The van der Waals surface area contributed by atoms with Crippen molar-refractivity contribution >= 4 is 34.2 Å². The molecule has 102 valence electrons. The normalized spacial score (nSPS) is 12.8. The van der Waals surface area contributed by atoms with E-state index in [1.807, 2.05) is 30.3 Å². The first-order valence-electron chi connectivity index (χ1n) is 6.33. The molecule has 0 amide bonds. The summed E-state index contributed by atoms with van der Waals surface area (Å²) in [6.45, 7) is 2.13. The van der Waals surface area contributed by atoms with Crippen molar-refractivity contribution < 1.29 is 0 Å². The predicted molar refractivity (Wildman–Crippen MR) is 82.4 cm³/mol. The van der Waals surface area contributed by atoms with E-state index in [4.69, 9.17) is 23.2 Å². The smallest absolute Gasteiger partial charge is 0.125 e. The molecule has 0 aliphatic rings. The van der Waals surface area contributed by atoms with Gasteiger partial charge in [0.15, 0.2) is 0 Å². The summed E-state index contributed by atoms with van der Waals surface area (Å²) < 4.78 is 2.15. The average molecular weight is 306 g/mol. The Bertz CT molecular complexity index is 737. The first-order chi connectivity index (χ1) is 9.70. The van der Waals surface area contributed by atoms with E-state index >= 15 is 0 Å². The Hall–Kier alpha value is -1.58. The fraction of sp³-hybridized carbons (Fsp3) is 0.200. The summed E-state index contributed by atoms with van der Waals surface area (Å²) in [6.07, 6.45) is 3.59. The SMILES string of the molecule is CC(c1ccncc1)n1c(CCl)nc2cc(Cl)ccc21. The van der Waals surface area contributed by atoms with Gasteiger partial charge in [-0.3, -0.25) is 4.98 Å². The molecule has 3 nitrogen and oxygen atoms in total. The molecule has 0 saturated heterocycles. The van der Waals surface area contributed by atoms with Gasteiger partial charge >= 0.3 is 0 Å². The van der Waals surface area contributed by atoms with Crippen LogP contribution in [0.2, 0.25) is 5.02 Å². The van der Waals surface area contributed by atoms with Crippen LogP contribution in [0.1, 0.15) is 24.4 Å². The number of alkyl halides is 1. The van der Waals surface area contributed by atoms with Gasteiger partial charge in [-0.2, -0.15) is 0 Å². The lowest BCUT2D eigenvalue weighted by molar-refractivity contribution is 0.633. The van der Waals surface area contributed by atoms with Gasteiger partial charge in [-0.1, -0.05) is 11.6 Å². The molecule has 0 radical (unpaired) electrons. The summed E-state index contributed by atoms with van der Waals surface area (Å²) >= 11 is 12.1. The number of rotatable bonds is 3. The maximum Gasteiger partial charge on any atom is 0.125 e. The minimum atomic E-state index is 0.137. The number of imidazole rings is 1. The van der Waals surface area contributed by atoms with E-state index < -0.39 is 0 Å². The molecule has 3 aromatic rings. The van der Waals surface area contributed by atoms with Crippen LogP contribution in [0.4, 0.5) is 0 Å². The third-order valence-corrected chi connectivity index (χ3v) is 3.89. The topological polar surface area (TPSA) is 30.7 Å². The molecule has 0 bridgehead atoms. The number of nitrogens with zero attached hydrogens (tertiary/aromatic N) is 3. The molecule has 0 aliphatic carbocycles. The quantitative estimate of drug-likeness (QED) is 0.670. The summed E-state index contributed by atoms with van der Waals surface area (Å²) in [5.74, 6) is 1.20. The maximum absolute atomic E-state index is 6.05. The van der Waals surface area contributed by atoms with E-state index in [2.05, 4.69) is 21.5 Å². The molecule has 0 fully saturated rings. The fourth-order valence-corrected chi connectivity index (χ4v) is 2.79. The van der Waals surface area contributed by atoms with Crippen molar-refractivity contribution in [2.75, 3.05) is 0 Å². The molecule has 1 aromatic carbocycles. The van der Waals surface area contributed by atoms with Crippen molar-refractivity contribution in [1.82, 2.24) is 14.5 Å². The molecule has 5 heteroatoms. The summed E-state index contributed by atoms with van der Waals surface area (Å²) in [7, 11) is 0. The zero-order chi connectivity index (χ0) is 14.1. The van der Waals surface area contributed by atoms with E-state index in [1.54, 1.807) is 12.4 Å². The number of benzene rings is 1. The Morgan fingerprint density at radius 1 is 1.20 bits per heavy atom. The molecular formula is C15H13Cl2N3. The first-order valence-corrected chi connectivity index (χ1v) is 7.24. The van der Waals surface area contributed by atoms with Crippen molar-refractivity contribution in [3.63, 3.8) is 0 Å². The van der Waals surface area contributed by atoms with E-state index in [0.717, 1.165) is 16.9 Å². The molecule has 1 unspecified atom stereocenters. The molecule has 3 rings (SSSR count). The van der Waals surface area contributed by atoms with Crippen LogP contribution in [0.3, 0.4) is 0 Å². The zero-order valence-corrected chi connectivity index (χ0v) is 12.4. The lowest BCUT2D eigenvalue weighted by Gasteiger charge is -2.17. The van der Waals surface area contributed by atoms with Crippen LogP contribution in [-0.4, -0.2) is 14.5 Å². The number of halogens is 2. The van der Waals surface area contributed by atoms with Gasteiger partial charge in [0.05, 0.1) is 23.0 Å². The van der Waals surface area contributed by atoms with Gasteiger partial charge in [0.1, 0.15) is 5.82 Å². The monoisotopic (exact) mass is 305 g/mol. The fourth-order valence-electron chi connectivity index (χ4n) is 2.44. The van der Waals surface area contributed by atoms with Gasteiger partial charge in [0.25, 0.3) is 0 Å². The average Bonchev–Trinajstić information content (AvgIpc) is 2.84. The molecule has 1 atom stereocenters. The summed E-state index contributed by atoms with van der Waals surface area (Å²) in [5.41, 5.74) is 3.07. The Balaban J connectivity index is 2.19. The highest BCUT2D eigenvalue weighted by atomic mass is 35.5. The van der Waals surface area contributed by atoms with Crippen molar-refractivity contribution in [2.24, 2.45) is 0 Å². The molecule has 0 saturated carbocycles. The molecule has 0 aliphatic heterocycles. The number of fused-ring (bicyclic) bond motifs is 1. The summed E-state index contributed by atoms with van der Waals surface area (Å²) in [4.78, 5) is 8.63. The van der Waals surface area contributed by atoms with Gasteiger partial charge in [-0.25, -0.2) is 4.98 Å². The molecule has 0 N–H and O–H groups in total. The molecule has 2 heterocycles. The van der Waals surface area contributed by atoms with Crippen LogP contribution < -0.4 is 0 Å². The van der Waals surface area contributed by atoms with E-state index in [0.29, 0.717) is 10.9 Å². The van der Waals surface area contributed by atoms with Crippen molar-refractivity contribution in [3.8, 4) is 0 Å². The van der Waals surface area contributed by atoms with Crippen molar-refractivity contribution in [3.05, 3.63) is 59.1 Å². The predicted octanol–water partition coefficient (Wildman–Crippen LogP) is 4.43. The number of pyridine rings is 1. The first kappa shape index (κ1) is 13.4. The second kappa shape index (κ2) is 5.43. The highest BCUT2D eigenvalue weighted by molar-refractivity contribution is 6.31. The Morgan fingerprint density at radius 2 is 1.95 bits per heavy atom. The van der Waals surface area contributed by atoms with E-state index in [9.17, 15) is 0 Å². The maximum atomic E-state index is 6.05. The third kappa shape index (κ3) is 2.28. The lowest BCUT2D eigenvalue weighted by atomic mass is 10.1. The lowest BCUT2D eigenvalue weighted by Crippen LogP contribution is -2.09. The summed E-state index contributed by atoms with van der Waals surface area (Å²) in [6, 6.07) is 9.87. The highest BCUT2D eigenvalue weighted by Gasteiger charge is 2.16. The third-order valence-electron chi connectivity index (χ3n) is 3.42. The second-order valence-corrected chi connectivity index (χ2v) is 5.32. The van der Waals surface area contributed by atoms with Crippen molar-refractivity contribution in [1.29, 1.82) is 0 Å². The zero-order valence-electron chi connectivity index (χ0n) is 10.9. The number of hydrogen-bond acceptors (Lipinski definition) is 2. The Morgan fingerprint density at radius 3 is 2.65 bits per heavy atom. The van der Waals surface area contributed by atoms with Gasteiger partial charge in [-0.15, -0.1) is 11.6 Å². The van der Waals surface area contributed by atoms with Crippen molar-refractivity contribution in [2.45, 2.75) is 18.8 Å². The Kier molecular flexibility index (Phi) is 3.64. The van der Waals surface area contributed by atoms with Gasteiger partial charge in [0, 0.05) is 17.4 Å². The van der Waals surface area contributed by atoms with Gasteiger partial charge < -0.3 is 4.57 Å². The van der Waals surface area contributed by atoms with Gasteiger partial charge in [-0.05, 0) is 42.8 Å². The minimum absolute atomic E-state index is 0.137. The highest BCUT2D eigenvalue weighted by Crippen LogP contribution is 2.28. The van der Waals surface area contributed by atoms with E-state index in [-0.39, 0.29) is 6.04 Å².